The summed E-state index contributed by atoms with van der Waals surface area (Å²) in [5, 5.41) is 0. The molecule has 0 saturated carbocycles. The van der Waals surface area contributed by atoms with Crippen molar-refractivity contribution >= 4 is 61.2 Å². The number of hydrogen-bond acceptors (Lipinski definition) is 9. The van der Waals surface area contributed by atoms with E-state index in [9.17, 15) is 14.4 Å². The van der Waals surface area contributed by atoms with Crippen LogP contribution in [0.1, 0.15) is 43.5 Å². The van der Waals surface area contributed by atoms with Gasteiger partial charge in [0.2, 0.25) is 0 Å². The number of rotatable bonds is 9. The molecule has 4 rings (SSSR count). The van der Waals surface area contributed by atoms with Crippen LogP contribution in [0.3, 0.4) is 0 Å². The summed E-state index contributed by atoms with van der Waals surface area (Å²) < 4.78 is 25.2. The highest BCUT2D eigenvalue weighted by atomic mass is 79.9. The van der Waals surface area contributed by atoms with Gasteiger partial charge in [-0.05, 0) is 74.7 Å². The molecule has 12 heteroatoms. The fourth-order valence-electron chi connectivity index (χ4n) is 4.28. The molecule has 1 aliphatic rings. The molecule has 0 fully saturated rings. The van der Waals surface area contributed by atoms with Gasteiger partial charge < -0.3 is 18.9 Å². The molecule has 2 aromatic carbocycles. The van der Waals surface area contributed by atoms with Gasteiger partial charge in [0.05, 0.1) is 42.2 Å². The number of thiazole rings is 1. The molecule has 3 aromatic rings. The first kappa shape index (κ1) is 30.7. The Morgan fingerprint density at radius 1 is 1.05 bits per heavy atom. The van der Waals surface area contributed by atoms with Gasteiger partial charge in [0, 0.05) is 8.95 Å². The second-order valence-electron chi connectivity index (χ2n) is 8.92. The molecule has 0 spiro atoms. The average Bonchev–Trinajstić information content (AvgIpc) is 3.24. The van der Waals surface area contributed by atoms with Gasteiger partial charge in [0.15, 0.2) is 22.9 Å². The van der Waals surface area contributed by atoms with E-state index in [-0.39, 0.29) is 24.3 Å². The van der Waals surface area contributed by atoms with Gasteiger partial charge in [0.1, 0.15) is 0 Å². The Morgan fingerprint density at radius 3 is 2.39 bits per heavy atom. The summed E-state index contributed by atoms with van der Waals surface area (Å²) >= 11 is 8.37. The zero-order valence-electron chi connectivity index (χ0n) is 23.1. The first-order chi connectivity index (χ1) is 19.6. The summed E-state index contributed by atoms with van der Waals surface area (Å²) in [6.07, 6.45) is 1.80. The lowest BCUT2D eigenvalue weighted by Crippen LogP contribution is -2.40. The van der Waals surface area contributed by atoms with E-state index in [0.29, 0.717) is 38.7 Å². The second-order valence-corrected chi connectivity index (χ2v) is 11.6. The molecular weight excluding hydrogens is 680 g/mol. The van der Waals surface area contributed by atoms with Crippen LogP contribution >= 0.6 is 43.2 Å². The first-order valence-electron chi connectivity index (χ1n) is 12.7. The number of carbonyl (C=O) groups excluding carboxylic acids is 2. The topological polar surface area (TPSA) is 105 Å². The van der Waals surface area contributed by atoms with Gasteiger partial charge in [-0.25, -0.2) is 14.6 Å². The van der Waals surface area contributed by atoms with E-state index in [1.165, 1.54) is 23.0 Å². The number of aromatic nitrogens is 1. The van der Waals surface area contributed by atoms with Crippen molar-refractivity contribution in [1.29, 1.82) is 0 Å². The van der Waals surface area contributed by atoms with Gasteiger partial charge in [-0.3, -0.25) is 9.36 Å². The molecule has 0 unspecified atom stereocenters. The summed E-state index contributed by atoms with van der Waals surface area (Å²) in [5.41, 5.74) is 2.85. The molecule has 2 heterocycles. The number of ether oxygens (including phenoxy) is 4. The molecule has 216 valence electrons. The van der Waals surface area contributed by atoms with E-state index < -0.39 is 18.0 Å². The number of methoxy groups -OCH3 is 1. The summed E-state index contributed by atoms with van der Waals surface area (Å²) in [4.78, 5) is 43.9. The van der Waals surface area contributed by atoms with Crippen LogP contribution in [0.5, 0.6) is 11.5 Å². The molecule has 9 nitrogen and oxygen atoms in total. The Bertz CT molecular complexity index is 1700. The molecule has 1 atom stereocenters. The summed E-state index contributed by atoms with van der Waals surface area (Å²) in [5.74, 6) is -0.437. The number of allylic oxidation sites excluding steroid dienone is 1. The summed E-state index contributed by atoms with van der Waals surface area (Å²) in [6.45, 7) is 7.42. The highest BCUT2D eigenvalue weighted by Gasteiger charge is 2.34. The fraction of sp³-hybridized carbons (Fsp3) is 0.310. The van der Waals surface area contributed by atoms with Crippen molar-refractivity contribution in [2.75, 3.05) is 26.9 Å². The predicted octanol–water partition coefficient (Wildman–Crippen LogP) is 4.58. The lowest BCUT2D eigenvalue weighted by Gasteiger charge is -2.25. The van der Waals surface area contributed by atoms with E-state index >= 15 is 0 Å². The number of benzene rings is 2. The zero-order chi connectivity index (χ0) is 29.8. The number of fused-ring (bicyclic) bond motifs is 1. The van der Waals surface area contributed by atoms with Crippen LogP contribution < -0.4 is 24.4 Å². The molecule has 0 amide bonds. The van der Waals surface area contributed by atoms with Gasteiger partial charge in [-0.2, -0.15) is 0 Å². The van der Waals surface area contributed by atoms with Gasteiger partial charge in [-0.1, -0.05) is 49.3 Å². The Kier molecular flexibility index (Phi) is 9.88. The van der Waals surface area contributed by atoms with Crippen molar-refractivity contribution in [2.45, 2.75) is 33.7 Å². The third kappa shape index (κ3) is 6.49. The van der Waals surface area contributed by atoms with E-state index in [1.807, 2.05) is 26.0 Å². The number of carbonyl (C=O) groups is 2. The Labute approximate surface area is 257 Å². The van der Waals surface area contributed by atoms with Crippen LogP contribution in [0.4, 0.5) is 0 Å². The van der Waals surface area contributed by atoms with Crippen molar-refractivity contribution in [2.24, 2.45) is 4.99 Å². The quantitative estimate of drug-likeness (QED) is 0.300. The minimum atomic E-state index is -0.835. The van der Waals surface area contributed by atoms with Crippen LogP contribution in [0.25, 0.3) is 6.08 Å². The van der Waals surface area contributed by atoms with Crippen molar-refractivity contribution in [3.63, 3.8) is 0 Å². The lowest BCUT2D eigenvalue weighted by atomic mass is 9.95. The maximum absolute atomic E-state index is 13.9. The monoisotopic (exact) mass is 706 g/mol. The average molecular weight is 708 g/mol. The lowest BCUT2D eigenvalue weighted by molar-refractivity contribution is -0.143. The van der Waals surface area contributed by atoms with Crippen LogP contribution in [0.2, 0.25) is 0 Å². The Morgan fingerprint density at radius 2 is 1.76 bits per heavy atom. The van der Waals surface area contributed by atoms with Crippen LogP contribution in [-0.2, 0) is 19.1 Å². The van der Waals surface area contributed by atoms with E-state index in [0.717, 1.165) is 20.1 Å². The van der Waals surface area contributed by atoms with Crippen LogP contribution in [-0.4, -0.2) is 43.4 Å². The third-order valence-electron chi connectivity index (χ3n) is 6.27. The van der Waals surface area contributed by atoms with Crippen LogP contribution in [0.15, 0.2) is 60.3 Å². The minimum absolute atomic E-state index is 0.161. The highest BCUT2D eigenvalue weighted by Crippen LogP contribution is 2.36. The molecule has 41 heavy (non-hydrogen) atoms. The minimum Gasteiger partial charge on any atom is -0.490 e. The molecular formula is C29H28Br2N2O7S. The molecule has 1 aromatic heterocycles. The standard InChI is InChI=1S/C29H28Br2N2O7S/c1-6-38-22-13-18(8-9-21(22)40-14-24(34)37-5)26-25(28(36)39-7-2)16(4)32-29-33(26)27(35)23(41-29)12-17-10-19(30)15(3)20(31)11-17/h8-13,26H,6-7,14H2,1-5H3/b23-12+/t26-/m1/s1. The Balaban J connectivity index is 1.91. The van der Waals surface area contributed by atoms with E-state index in [2.05, 4.69) is 41.6 Å². The molecule has 0 aliphatic carbocycles. The maximum Gasteiger partial charge on any atom is 0.343 e. The zero-order valence-corrected chi connectivity index (χ0v) is 27.1. The number of esters is 2. The van der Waals surface area contributed by atoms with Crippen molar-refractivity contribution in [1.82, 2.24) is 4.57 Å². The SMILES string of the molecule is CCOC(=O)C1=C(C)N=c2s/c(=C/c3cc(Br)c(C)c(Br)c3)c(=O)n2[C@@H]1c1ccc(OCC(=O)OC)c(OCC)c1. The molecule has 0 radical (unpaired) electrons. The summed E-state index contributed by atoms with van der Waals surface area (Å²) in [6, 6.07) is 8.10. The van der Waals surface area contributed by atoms with Crippen molar-refractivity contribution in [3.8, 4) is 11.5 Å². The van der Waals surface area contributed by atoms with Crippen LogP contribution in [0, 0.1) is 6.92 Å². The molecule has 0 N–H and O–H groups in total. The maximum atomic E-state index is 13.9. The highest BCUT2D eigenvalue weighted by molar-refractivity contribution is 9.11. The molecule has 1 aliphatic heterocycles. The number of nitrogens with zero attached hydrogens (tertiary/aromatic N) is 2. The Hall–Kier alpha value is -3.22. The van der Waals surface area contributed by atoms with Gasteiger partial charge in [0.25, 0.3) is 5.56 Å². The molecule has 0 saturated heterocycles. The van der Waals surface area contributed by atoms with Crippen molar-refractivity contribution in [3.05, 3.63) is 86.9 Å². The van der Waals surface area contributed by atoms with E-state index in [1.54, 1.807) is 38.1 Å². The third-order valence-corrected chi connectivity index (χ3v) is 8.90. The van der Waals surface area contributed by atoms with E-state index in [4.69, 9.17) is 14.2 Å². The second kappa shape index (κ2) is 13.2. The first-order valence-corrected chi connectivity index (χ1v) is 15.1. The van der Waals surface area contributed by atoms with Gasteiger partial charge in [-0.15, -0.1) is 0 Å². The smallest absolute Gasteiger partial charge is 0.343 e. The number of hydrogen-bond donors (Lipinski definition) is 0. The molecule has 0 bridgehead atoms. The normalized spacial score (nSPS) is 14.8. The van der Waals surface area contributed by atoms with Gasteiger partial charge >= 0.3 is 11.9 Å². The van der Waals surface area contributed by atoms with Crippen molar-refractivity contribution < 1.29 is 28.5 Å². The fourth-order valence-corrected chi connectivity index (χ4v) is 6.55. The number of halogens is 2. The predicted molar refractivity (Wildman–Crippen MR) is 162 cm³/mol. The largest absolute Gasteiger partial charge is 0.490 e. The summed E-state index contributed by atoms with van der Waals surface area (Å²) in [7, 11) is 1.27.